The van der Waals surface area contributed by atoms with Gasteiger partial charge in [-0.05, 0) is 94.3 Å². The van der Waals surface area contributed by atoms with E-state index in [-0.39, 0.29) is 57.5 Å². The van der Waals surface area contributed by atoms with Crippen molar-refractivity contribution in [3.05, 3.63) is 69.8 Å². The minimum absolute atomic E-state index is 0.0752. The van der Waals surface area contributed by atoms with Gasteiger partial charge in [-0.3, -0.25) is 0 Å². The third kappa shape index (κ3) is 11.8. The number of hydrogen-bond donors (Lipinski definition) is 0. The van der Waals surface area contributed by atoms with Gasteiger partial charge >= 0.3 is 0 Å². The van der Waals surface area contributed by atoms with E-state index in [1.807, 2.05) is 24.3 Å². The quantitative estimate of drug-likeness (QED) is 0.0653. The molecule has 1 fully saturated rings. The number of ether oxygens (including phenoxy) is 11. The van der Waals surface area contributed by atoms with E-state index in [9.17, 15) is 0 Å². The molecule has 0 radical (unpaired) electrons. The van der Waals surface area contributed by atoms with E-state index >= 15 is 0 Å². The molecular weight excluding hydrogens is 704 g/mol. The highest BCUT2D eigenvalue weighted by Gasteiger charge is 2.59. The fraction of sp³-hybridized carbons (Fsp3) is 0.591. The molecule has 0 amide bonds. The van der Waals surface area contributed by atoms with Gasteiger partial charge in [-0.1, -0.05) is 49.3 Å². The topological polar surface area (TPSA) is 102 Å². The third-order valence-corrected chi connectivity index (χ3v) is 10.4. The minimum atomic E-state index is -0.567. The summed E-state index contributed by atoms with van der Waals surface area (Å²) in [6, 6.07) is 8.18. The van der Waals surface area contributed by atoms with Gasteiger partial charge in [0.25, 0.3) is 0 Å². The summed E-state index contributed by atoms with van der Waals surface area (Å²) in [7, 11) is 8.07. The molecule has 4 atom stereocenters. The Kier molecular flexibility index (Phi) is 17.1. The second kappa shape index (κ2) is 21.2. The van der Waals surface area contributed by atoms with E-state index in [1.165, 1.54) is 11.1 Å². The summed E-state index contributed by atoms with van der Waals surface area (Å²) >= 11 is 0. The van der Waals surface area contributed by atoms with Crippen LogP contribution in [-0.4, -0.2) is 87.3 Å². The van der Waals surface area contributed by atoms with Crippen LogP contribution in [0.25, 0.3) is 12.2 Å². The first-order valence-electron chi connectivity index (χ1n) is 19.0. The van der Waals surface area contributed by atoms with Crippen molar-refractivity contribution in [2.45, 2.75) is 91.5 Å². The first-order chi connectivity index (χ1) is 26.4. The van der Waals surface area contributed by atoms with E-state index in [0.29, 0.717) is 35.8 Å². The molecule has 0 saturated heterocycles. The van der Waals surface area contributed by atoms with Crippen molar-refractivity contribution in [3.63, 3.8) is 0 Å². The maximum Gasteiger partial charge on any atom is 0.188 e. The van der Waals surface area contributed by atoms with Crippen molar-refractivity contribution in [2.24, 2.45) is 11.3 Å². The number of allylic oxidation sites excluding steroid dienone is 4. The number of fused-ring (bicyclic) bond motifs is 2. The average Bonchev–Trinajstić information content (AvgIpc) is 3.15. The molecule has 0 aromatic heterocycles. The Hall–Kier alpha value is -3.42. The Morgan fingerprint density at radius 3 is 1.84 bits per heavy atom. The molecule has 11 nitrogen and oxygen atoms in total. The van der Waals surface area contributed by atoms with Crippen molar-refractivity contribution in [1.29, 1.82) is 0 Å². The van der Waals surface area contributed by atoms with Crippen LogP contribution in [0, 0.1) is 11.3 Å². The second-order valence-electron chi connectivity index (χ2n) is 15.4. The minimum Gasteiger partial charge on any atom is -0.483 e. The Bertz CT molecular complexity index is 1580. The molecule has 1 heterocycles. The van der Waals surface area contributed by atoms with Crippen LogP contribution in [0.4, 0.5) is 0 Å². The molecule has 2 aromatic carbocycles. The van der Waals surface area contributed by atoms with Gasteiger partial charge in [0.15, 0.2) is 31.9 Å². The van der Waals surface area contributed by atoms with Gasteiger partial charge in [-0.25, -0.2) is 0 Å². The molecule has 4 rings (SSSR count). The Balaban J connectivity index is 1.72. The molecule has 2 aromatic rings. The van der Waals surface area contributed by atoms with Crippen LogP contribution in [0.5, 0.6) is 23.0 Å². The highest BCUT2D eigenvalue weighted by atomic mass is 16.7. The van der Waals surface area contributed by atoms with Gasteiger partial charge in [-0.15, -0.1) is 0 Å². The molecule has 55 heavy (non-hydrogen) atoms. The van der Waals surface area contributed by atoms with Crippen LogP contribution in [0.1, 0.15) is 83.1 Å². The van der Waals surface area contributed by atoms with E-state index in [1.54, 1.807) is 35.5 Å². The van der Waals surface area contributed by atoms with Crippen molar-refractivity contribution in [1.82, 2.24) is 0 Å². The molecule has 1 saturated carbocycles. The van der Waals surface area contributed by atoms with Gasteiger partial charge in [0.05, 0.1) is 12.2 Å². The predicted molar refractivity (Wildman–Crippen MR) is 214 cm³/mol. The van der Waals surface area contributed by atoms with Crippen molar-refractivity contribution >= 4 is 12.2 Å². The molecule has 0 unspecified atom stereocenters. The summed E-state index contributed by atoms with van der Waals surface area (Å²) < 4.78 is 64.5. The SMILES string of the molecule is COCOc1cc(/C=C/c2cc3c(c(OCOC)c2)O[C@]2(C)C[C@@H](OCOC)[C@@H](OCOC)C(C)(C)[C@H]2C3)cc(OCOC)c1C/C=C(\C)CCC=C(C)C. The Labute approximate surface area is 328 Å². The monoisotopic (exact) mass is 768 g/mol. The fourth-order valence-corrected chi connectivity index (χ4v) is 7.80. The summed E-state index contributed by atoms with van der Waals surface area (Å²) in [5.41, 5.74) is 5.51. The summed E-state index contributed by atoms with van der Waals surface area (Å²) in [5.74, 6) is 2.78. The molecule has 1 aliphatic heterocycles. The van der Waals surface area contributed by atoms with Gasteiger partial charge in [0.2, 0.25) is 0 Å². The smallest absolute Gasteiger partial charge is 0.188 e. The van der Waals surface area contributed by atoms with Crippen LogP contribution in [0.3, 0.4) is 0 Å². The van der Waals surface area contributed by atoms with Crippen molar-refractivity contribution < 1.29 is 52.1 Å². The molecule has 0 N–H and O–H groups in total. The normalized spacial score (nSPS) is 21.8. The van der Waals surface area contributed by atoms with Crippen LogP contribution < -0.4 is 18.9 Å². The summed E-state index contributed by atoms with van der Waals surface area (Å²) in [4.78, 5) is 0. The van der Waals surface area contributed by atoms with Crippen LogP contribution in [0.15, 0.2) is 47.6 Å². The first-order valence-corrected chi connectivity index (χ1v) is 19.0. The molecule has 11 heteroatoms. The largest absolute Gasteiger partial charge is 0.483 e. The lowest BCUT2D eigenvalue weighted by Gasteiger charge is -2.58. The molecule has 1 aliphatic carbocycles. The standard InChI is InChI=1S/C44H64O11/c1-30(2)13-12-14-31(3)15-18-35-36(50-25-45-7)20-33(21-37(35)51-26-46-8)17-16-32-19-34-23-40-43(4,5)42(54-29-49-11)39(53-28-48-10)24-44(40,6)55-41(34)38(22-32)52-27-47-9/h13,15-17,19-22,39-40,42H,12,14,18,23-29H2,1-11H3/b17-16+,31-15+/t39-,40-,42-,44-/m1/s1. The van der Waals surface area contributed by atoms with Crippen molar-refractivity contribution in [2.75, 3.05) is 69.5 Å². The zero-order chi connectivity index (χ0) is 40.0. The summed E-state index contributed by atoms with van der Waals surface area (Å²) in [6.07, 6.45) is 12.1. The van der Waals surface area contributed by atoms with Crippen LogP contribution in [0.2, 0.25) is 0 Å². The van der Waals surface area contributed by atoms with Crippen molar-refractivity contribution in [3.8, 4) is 23.0 Å². The van der Waals surface area contributed by atoms with E-state index < -0.39 is 5.60 Å². The second-order valence-corrected chi connectivity index (χ2v) is 15.4. The highest BCUT2D eigenvalue weighted by molar-refractivity contribution is 5.74. The Morgan fingerprint density at radius 2 is 1.25 bits per heavy atom. The number of rotatable bonds is 22. The fourth-order valence-electron chi connectivity index (χ4n) is 7.80. The summed E-state index contributed by atoms with van der Waals surface area (Å²) in [6.45, 7) is 13.6. The van der Waals surface area contributed by atoms with Gasteiger partial charge in [0.1, 0.15) is 30.7 Å². The third-order valence-electron chi connectivity index (χ3n) is 10.4. The highest BCUT2D eigenvalue weighted by Crippen LogP contribution is 2.56. The lowest BCUT2D eigenvalue weighted by atomic mass is 9.56. The maximum atomic E-state index is 6.98. The van der Waals surface area contributed by atoms with E-state index in [0.717, 1.165) is 41.5 Å². The maximum absolute atomic E-state index is 6.98. The first kappa shape index (κ1) is 44.3. The summed E-state index contributed by atoms with van der Waals surface area (Å²) in [5, 5.41) is 0. The Morgan fingerprint density at radius 1 is 0.709 bits per heavy atom. The van der Waals surface area contributed by atoms with Gasteiger partial charge in [-0.2, -0.15) is 0 Å². The van der Waals surface area contributed by atoms with E-state index in [4.69, 9.17) is 52.1 Å². The van der Waals surface area contributed by atoms with Crippen LogP contribution >= 0.6 is 0 Å². The van der Waals surface area contributed by atoms with Gasteiger partial charge < -0.3 is 52.1 Å². The lowest BCUT2D eigenvalue weighted by molar-refractivity contribution is -0.250. The molecule has 2 aliphatic rings. The average molecular weight is 769 g/mol. The van der Waals surface area contributed by atoms with Gasteiger partial charge in [0, 0.05) is 58.9 Å². The molecular formula is C44H64O11. The zero-order valence-electron chi connectivity index (χ0n) is 34.9. The number of methoxy groups -OCH3 is 5. The lowest BCUT2D eigenvalue weighted by Crippen LogP contribution is -2.64. The number of hydrogen-bond acceptors (Lipinski definition) is 11. The number of benzene rings is 2. The zero-order valence-corrected chi connectivity index (χ0v) is 34.9. The molecule has 0 spiro atoms. The predicted octanol–water partition coefficient (Wildman–Crippen LogP) is 8.76. The van der Waals surface area contributed by atoms with Crippen LogP contribution in [-0.2, 0) is 46.0 Å². The van der Waals surface area contributed by atoms with E-state index in [2.05, 4.69) is 65.8 Å². The molecule has 0 bridgehead atoms. The molecule has 306 valence electrons.